The van der Waals surface area contributed by atoms with Crippen molar-refractivity contribution in [1.29, 1.82) is 0 Å². The molecule has 0 aliphatic heterocycles. The predicted molar refractivity (Wildman–Crippen MR) is 158 cm³/mol. The van der Waals surface area contributed by atoms with Gasteiger partial charge in [-0.25, -0.2) is 9.78 Å². The number of carbonyl (C=O) groups is 4. The Labute approximate surface area is 244 Å². The number of carboxylic acid groups (broad SMARTS) is 1. The molecule has 2 aromatic heterocycles. The van der Waals surface area contributed by atoms with E-state index in [1.54, 1.807) is 19.3 Å². The molecule has 228 valence electrons. The molecule has 13 heteroatoms. The monoisotopic (exact) mass is 582 g/mol. The van der Waals surface area contributed by atoms with Gasteiger partial charge in [-0.3, -0.25) is 14.4 Å². The lowest BCUT2D eigenvalue weighted by molar-refractivity contribution is -0.143. The number of aromatic amines is 2. The minimum absolute atomic E-state index is 0.0945. The van der Waals surface area contributed by atoms with E-state index < -0.39 is 47.9 Å². The van der Waals surface area contributed by atoms with Crippen molar-refractivity contribution in [2.45, 2.75) is 76.5 Å². The van der Waals surface area contributed by atoms with Crippen molar-refractivity contribution < 1.29 is 24.3 Å². The van der Waals surface area contributed by atoms with Crippen molar-refractivity contribution in [3.8, 4) is 0 Å². The molecule has 42 heavy (non-hydrogen) atoms. The lowest BCUT2D eigenvalue weighted by atomic mass is 9.97. The van der Waals surface area contributed by atoms with Crippen LogP contribution in [0.3, 0.4) is 0 Å². The predicted octanol–water partition coefficient (Wildman–Crippen LogP) is 0.718. The number of para-hydroxylation sites is 1. The standard InChI is InChI=1S/C29H42N8O5/c1-3-17(2)25(29(41)42)37-28(40)24(12-18-14-33-22-9-5-4-8-20(18)22)36-27(39)23(10-6-7-11-30)35-26(38)21(31)13-19-15-32-16-34-19/h4-5,8-9,14-17,21,23-25,33H,3,6-7,10-13,30-31H2,1-2H3,(H,32,34)(H,35,38)(H,36,39)(H,37,40)(H,41,42). The highest BCUT2D eigenvalue weighted by atomic mass is 16.4. The minimum Gasteiger partial charge on any atom is -0.480 e. The smallest absolute Gasteiger partial charge is 0.326 e. The second-order valence-corrected chi connectivity index (χ2v) is 10.6. The molecule has 2 heterocycles. The van der Waals surface area contributed by atoms with E-state index in [1.165, 1.54) is 6.33 Å². The molecule has 0 radical (unpaired) electrons. The zero-order chi connectivity index (χ0) is 30.6. The Hall–Kier alpha value is -4.23. The average Bonchev–Trinajstić information content (AvgIpc) is 3.64. The summed E-state index contributed by atoms with van der Waals surface area (Å²) in [6.07, 6.45) is 7.09. The maximum absolute atomic E-state index is 13.6. The number of carbonyl (C=O) groups excluding carboxylic acids is 3. The van der Waals surface area contributed by atoms with Crippen LogP contribution in [0.2, 0.25) is 0 Å². The first-order valence-electron chi connectivity index (χ1n) is 14.3. The number of benzene rings is 1. The maximum atomic E-state index is 13.6. The Morgan fingerprint density at radius 2 is 1.69 bits per heavy atom. The van der Waals surface area contributed by atoms with Gasteiger partial charge < -0.3 is 42.5 Å². The zero-order valence-corrected chi connectivity index (χ0v) is 24.1. The summed E-state index contributed by atoms with van der Waals surface area (Å²) in [5.41, 5.74) is 14.0. The van der Waals surface area contributed by atoms with Crippen LogP contribution in [0.25, 0.3) is 10.9 Å². The summed E-state index contributed by atoms with van der Waals surface area (Å²) < 4.78 is 0. The summed E-state index contributed by atoms with van der Waals surface area (Å²) in [4.78, 5) is 62.0. The number of nitrogens with zero attached hydrogens (tertiary/aromatic N) is 1. The largest absolute Gasteiger partial charge is 0.480 e. The van der Waals surface area contributed by atoms with Crippen LogP contribution < -0.4 is 27.4 Å². The third kappa shape index (κ3) is 8.88. The van der Waals surface area contributed by atoms with Gasteiger partial charge in [0, 0.05) is 41.8 Å². The van der Waals surface area contributed by atoms with E-state index in [-0.39, 0.29) is 25.2 Å². The highest BCUT2D eigenvalue weighted by molar-refractivity contribution is 5.95. The number of aliphatic carboxylic acids is 1. The van der Waals surface area contributed by atoms with Gasteiger partial charge in [-0.1, -0.05) is 38.5 Å². The number of hydrogen-bond donors (Lipinski definition) is 8. The molecule has 3 rings (SSSR count). The van der Waals surface area contributed by atoms with Crippen LogP contribution in [-0.4, -0.2) is 74.5 Å². The first-order chi connectivity index (χ1) is 20.1. The fourth-order valence-corrected chi connectivity index (χ4v) is 4.71. The quantitative estimate of drug-likeness (QED) is 0.106. The minimum atomic E-state index is -1.16. The maximum Gasteiger partial charge on any atom is 0.326 e. The van der Waals surface area contributed by atoms with Gasteiger partial charge >= 0.3 is 5.97 Å². The molecule has 3 aromatic rings. The number of fused-ring (bicyclic) bond motifs is 1. The molecule has 3 amide bonds. The molecule has 0 aliphatic carbocycles. The van der Waals surface area contributed by atoms with Crippen LogP contribution in [0.5, 0.6) is 0 Å². The number of imidazole rings is 1. The van der Waals surface area contributed by atoms with Crippen molar-refractivity contribution in [3.63, 3.8) is 0 Å². The average molecular weight is 583 g/mol. The van der Waals surface area contributed by atoms with E-state index in [2.05, 4.69) is 30.9 Å². The van der Waals surface area contributed by atoms with Gasteiger partial charge in [0.1, 0.15) is 18.1 Å². The molecule has 0 fully saturated rings. The number of rotatable bonds is 17. The van der Waals surface area contributed by atoms with Crippen LogP contribution in [0.15, 0.2) is 43.0 Å². The van der Waals surface area contributed by atoms with Crippen LogP contribution in [0, 0.1) is 5.92 Å². The Morgan fingerprint density at radius 1 is 0.976 bits per heavy atom. The first kappa shape index (κ1) is 32.3. The van der Waals surface area contributed by atoms with Crippen molar-refractivity contribution in [3.05, 3.63) is 54.2 Å². The second-order valence-electron chi connectivity index (χ2n) is 10.6. The molecule has 0 bridgehead atoms. The topological polar surface area (TPSA) is 221 Å². The molecule has 0 saturated carbocycles. The fourth-order valence-electron chi connectivity index (χ4n) is 4.71. The van der Waals surface area contributed by atoms with E-state index in [1.807, 2.05) is 31.2 Å². The van der Waals surface area contributed by atoms with Crippen molar-refractivity contribution in [2.75, 3.05) is 6.54 Å². The van der Waals surface area contributed by atoms with Gasteiger partial charge in [0.25, 0.3) is 0 Å². The molecule has 13 nitrogen and oxygen atoms in total. The van der Waals surface area contributed by atoms with E-state index in [0.717, 1.165) is 16.5 Å². The molecular formula is C29H42N8O5. The molecule has 0 spiro atoms. The Bertz CT molecular complexity index is 1320. The SMILES string of the molecule is CCC(C)C(NC(=O)C(Cc1c[nH]c2ccccc12)NC(=O)C(CCCCN)NC(=O)C(N)Cc1cnc[nH]1)C(=O)O. The Balaban J connectivity index is 1.83. The number of hydrogen-bond acceptors (Lipinski definition) is 7. The van der Waals surface area contributed by atoms with Gasteiger partial charge in [-0.05, 0) is 43.4 Å². The molecule has 5 atom stereocenters. The van der Waals surface area contributed by atoms with Crippen molar-refractivity contribution in [1.82, 2.24) is 30.9 Å². The van der Waals surface area contributed by atoms with Gasteiger partial charge in [0.05, 0.1) is 12.4 Å². The van der Waals surface area contributed by atoms with Gasteiger partial charge in [-0.2, -0.15) is 0 Å². The number of unbranched alkanes of at least 4 members (excludes halogenated alkanes) is 1. The fraction of sp³-hybridized carbons (Fsp3) is 0.483. The summed E-state index contributed by atoms with van der Waals surface area (Å²) >= 11 is 0. The molecule has 0 saturated heterocycles. The number of carboxylic acids is 1. The highest BCUT2D eigenvalue weighted by Gasteiger charge is 2.32. The highest BCUT2D eigenvalue weighted by Crippen LogP contribution is 2.20. The van der Waals surface area contributed by atoms with E-state index in [9.17, 15) is 24.3 Å². The van der Waals surface area contributed by atoms with Crippen LogP contribution in [0.4, 0.5) is 0 Å². The molecule has 0 aliphatic rings. The number of nitrogens with two attached hydrogens (primary N) is 2. The lowest BCUT2D eigenvalue weighted by Gasteiger charge is -2.26. The van der Waals surface area contributed by atoms with E-state index >= 15 is 0 Å². The number of amides is 3. The number of aromatic nitrogens is 3. The molecule has 1 aromatic carbocycles. The second kappa shape index (κ2) is 15.7. The van der Waals surface area contributed by atoms with Gasteiger partial charge in [0.2, 0.25) is 17.7 Å². The van der Waals surface area contributed by atoms with Crippen molar-refractivity contribution in [2.24, 2.45) is 17.4 Å². The Morgan fingerprint density at radius 3 is 2.36 bits per heavy atom. The summed E-state index contributed by atoms with van der Waals surface area (Å²) in [6.45, 7) is 3.99. The Kier molecular flexibility index (Phi) is 12.1. The lowest BCUT2D eigenvalue weighted by Crippen LogP contribution is -2.58. The van der Waals surface area contributed by atoms with Gasteiger partial charge in [0.15, 0.2) is 0 Å². The molecule has 5 unspecified atom stereocenters. The zero-order valence-electron chi connectivity index (χ0n) is 24.1. The summed E-state index contributed by atoms with van der Waals surface area (Å²) in [5, 5.41) is 18.7. The summed E-state index contributed by atoms with van der Waals surface area (Å²) in [6, 6.07) is 3.36. The molecule has 10 N–H and O–H groups in total. The van der Waals surface area contributed by atoms with Gasteiger partial charge in [-0.15, -0.1) is 0 Å². The third-order valence-electron chi connectivity index (χ3n) is 7.42. The van der Waals surface area contributed by atoms with Crippen molar-refractivity contribution >= 4 is 34.6 Å². The van der Waals surface area contributed by atoms with Crippen LogP contribution in [-0.2, 0) is 32.0 Å². The first-order valence-corrected chi connectivity index (χ1v) is 14.3. The molecular weight excluding hydrogens is 540 g/mol. The third-order valence-corrected chi connectivity index (χ3v) is 7.42. The van der Waals surface area contributed by atoms with E-state index in [4.69, 9.17) is 11.5 Å². The van der Waals surface area contributed by atoms with Crippen LogP contribution in [0.1, 0.15) is 50.8 Å². The summed E-state index contributed by atoms with van der Waals surface area (Å²) in [7, 11) is 0. The number of nitrogens with one attached hydrogen (secondary N) is 5. The van der Waals surface area contributed by atoms with Crippen LogP contribution >= 0.6 is 0 Å². The summed E-state index contributed by atoms with van der Waals surface area (Å²) in [5.74, 6) is -3.24. The normalized spacial score (nSPS) is 14.9. The van der Waals surface area contributed by atoms with E-state index in [0.29, 0.717) is 31.5 Å². The number of H-pyrrole nitrogens is 2.